The van der Waals surface area contributed by atoms with Crippen molar-refractivity contribution in [2.45, 2.75) is 58.3 Å². The zero-order valence-corrected chi connectivity index (χ0v) is 9.80. The number of rotatable bonds is 10. The molecule has 0 aromatic heterocycles. The highest BCUT2D eigenvalue weighted by atomic mass is 14.5. The van der Waals surface area contributed by atoms with Crippen LogP contribution in [0.25, 0.3) is 0 Å². The van der Waals surface area contributed by atoms with Crippen LogP contribution in [-0.2, 0) is 0 Å². The first kappa shape index (κ1) is 13.9. The fraction of sp³-hybridized carbons (Fsp3) is 1.00. The lowest BCUT2D eigenvalue weighted by atomic mass is 9.97. The summed E-state index contributed by atoms with van der Waals surface area (Å²) in [5, 5.41) is 0. The summed E-state index contributed by atoms with van der Waals surface area (Å²) in [5.41, 5.74) is 10.9. The second-order valence-corrected chi connectivity index (χ2v) is 4.38. The van der Waals surface area contributed by atoms with Gasteiger partial charge in [-0.15, -0.1) is 0 Å². The Bertz CT molecular complexity index is 104. The topological polar surface area (TPSA) is 52.0 Å². The Morgan fingerprint density at radius 2 is 1.14 bits per heavy atom. The van der Waals surface area contributed by atoms with E-state index in [0.29, 0.717) is 0 Å². The highest BCUT2D eigenvalue weighted by Gasteiger charge is 2.01. The van der Waals surface area contributed by atoms with Gasteiger partial charge in [-0.1, -0.05) is 45.4 Å². The molecule has 0 radical (unpaired) electrons. The molecule has 1 atom stereocenters. The average molecular weight is 200 g/mol. The van der Waals surface area contributed by atoms with E-state index in [1.54, 1.807) is 0 Å². The predicted octanol–water partition coefficient (Wildman–Crippen LogP) is 2.66. The van der Waals surface area contributed by atoms with Gasteiger partial charge in [0.05, 0.1) is 0 Å². The molecule has 0 rings (SSSR count). The van der Waals surface area contributed by atoms with E-state index in [1.807, 2.05) is 0 Å². The van der Waals surface area contributed by atoms with Crippen LogP contribution in [0.15, 0.2) is 0 Å². The highest BCUT2D eigenvalue weighted by Crippen LogP contribution is 2.15. The normalized spacial score (nSPS) is 13.1. The minimum atomic E-state index is 0.850. The fourth-order valence-electron chi connectivity index (χ4n) is 1.77. The summed E-state index contributed by atoms with van der Waals surface area (Å²) in [6, 6.07) is 0. The number of hydrogen-bond acceptors (Lipinski definition) is 2. The molecule has 0 spiro atoms. The zero-order chi connectivity index (χ0) is 10.6. The van der Waals surface area contributed by atoms with Crippen LogP contribution in [-0.4, -0.2) is 13.1 Å². The van der Waals surface area contributed by atoms with E-state index >= 15 is 0 Å². The maximum atomic E-state index is 5.46. The number of hydrogen-bond donors (Lipinski definition) is 2. The summed E-state index contributed by atoms with van der Waals surface area (Å²) in [5.74, 6) is 0.888. The molecule has 0 bridgehead atoms. The van der Waals surface area contributed by atoms with Gasteiger partial charge in [-0.2, -0.15) is 0 Å². The first-order chi connectivity index (χ1) is 6.81. The molecule has 0 aliphatic heterocycles. The summed E-state index contributed by atoms with van der Waals surface area (Å²) in [6.07, 6.45) is 10.5. The van der Waals surface area contributed by atoms with E-state index in [0.717, 1.165) is 19.0 Å². The second kappa shape index (κ2) is 11.0. The molecule has 0 aromatic rings. The summed E-state index contributed by atoms with van der Waals surface area (Å²) >= 11 is 0. The second-order valence-electron chi connectivity index (χ2n) is 4.38. The Labute approximate surface area is 89.4 Å². The molecular weight excluding hydrogens is 172 g/mol. The largest absolute Gasteiger partial charge is 0.330 e. The lowest BCUT2D eigenvalue weighted by molar-refractivity contribution is 0.441. The van der Waals surface area contributed by atoms with Gasteiger partial charge in [-0.05, 0) is 31.8 Å². The van der Waals surface area contributed by atoms with Gasteiger partial charge in [0.25, 0.3) is 0 Å². The molecule has 4 N–H and O–H groups in total. The molecule has 2 nitrogen and oxygen atoms in total. The van der Waals surface area contributed by atoms with E-state index in [2.05, 4.69) is 6.92 Å². The van der Waals surface area contributed by atoms with Crippen molar-refractivity contribution in [3.8, 4) is 0 Å². The first-order valence-electron chi connectivity index (χ1n) is 6.21. The van der Waals surface area contributed by atoms with Gasteiger partial charge in [0.1, 0.15) is 0 Å². The Balaban J connectivity index is 3.06. The molecule has 0 amide bonds. The number of unbranched alkanes of at least 4 members (excludes halogenated alkanes) is 4. The van der Waals surface area contributed by atoms with Gasteiger partial charge >= 0.3 is 0 Å². The van der Waals surface area contributed by atoms with Crippen molar-refractivity contribution in [3.63, 3.8) is 0 Å². The third kappa shape index (κ3) is 10.0. The van der Waals surface area contributed by atoms with E-state index in [9.17, 15) is 0 Å². The van der Waals surface area contributed by atoms with Crippen molar-refractivity contribution in [1.29, 1.82) is 0 Å². The van der Waals surface area contributed by atoms with Crippen LogP contribution in [0, 0.1) is 5.92 Å². The van der Waals surface area contributed by atoms with Crippen molar-refractivity contribution in [2.75, 3.05) is 13.1 Å². The Hall–Kier alpha value is -0.0800. The van der Waals surface area contributed by atoms with Crippen LogP contribution < -0.4 is 11.5 Å². The van der Waals surface area contributed by atoms with E-state index < -0.39 is 0 Å². The quantitative estimate of drug-likeness (QED) is 0.533. The van der Waals surface area contributed by atoms with Crippen molar-refractivity contribution >= 4 is 0 Å². The van der Waals surface area contributed by atoms with Gasteiger partial charge in [0.15, 0.2) is 0 Å². The van der Waals surface area contributed by atoms with Crippen LogP contribution in [0.4, 0.5) is 0 Å². The van der Waals surface area contributed by atoms with Crippen LogP contribution in [0.5, 0.6) is 0 Å². The Kier molecular flexibility index (Phi) is 10.9. The zero-order valence-electron chi connectivity index (χ0n) is 9.80. The highest BCUT2D eigenvalue weighted by molar-refractivity contribution is 4.55. The van der Waals surface area contributed by atoms with Gasteiger partial charge in [-0.3, -0.25) is 0 Å². The Morgan fingerprint density at radius 3 is 1.71 bits per heavy atom. The molecule has 0 saturated carbocycles. The van der Waals surface area contributed by atoms with E-state index in [4.69, 9.17) is 11.5 Å². The van der Waals surface area contributed by atoms with Crippen molar-refractivity contribution in [3.05, 3.63) is 0 Å². The molecule has 0 aromatic carbocycles. The summed E-state index contributed by atoms with van der Waals surface area (Å²) in [7, 11) is 0. The minimum absolute atomic E-state index is 0.850. The molecule has 0 heterocycles. The third-order valence-corrected chi connectivity index (χ3v) is 2.80. The van der Waals surface area contributed by atoms with Gasteiger partial charge < -0.3 is 11.5 Å². The maximum absolute atomic E-state index is 5.46. The van der Waals surface area contributed by atoms with Crippen molar-refractivity contribution < 1.29 is 0 Å². The van der Waals surface area contributed by atoms with E-state index in [1.165, 1.54) is 51.4 Å². The van der Waals surface area contributed by atoms with Crippen LogP contribution in [0.2, 0.25) is 0 Å². The van der Waals surface area contributed by atoms with Crippen molar-refractivity contribution in [1.82, 2.24) is 0 Å². The standard InChI is InChI=1S/C12H28N2/c1-12(9-5-7-11-14)8-4-2-3-6-10-13/h12H,2-11,13-14H2,1H3. The molecule has 86 valence electrons. The smallest absolute Gasteiger partial charge is 0.00773 e. The van der Waals surface area contributed by atoms with Crippen LogP contribution in [0.1, 0.15) is 58.3 Å². The first-order valence-corrected chi connectivity index (χ1v) is 6.21. The van der Waals surface area contributed by atoms with Gasteiger partial charge in [-0.25, -0.2) is 0 Å². The van der Waals surface area contributed by atoms with Crippen LogP contribution in [0.3, 0.4) is 0 Å². The Morgan fingerprint density at radius 1 is 0.714 bits per heavy atom. The predicted molar refractivity (Wildman–Crippen MR) is 64.2 cm³/mol. The van der Waals surface area contributed by atoms with Gasteiger partial charge in [0, 0.05) is 0 Å². The summed E-state index contributed by atoms with van der Waals surface area (Å²) in [4.78, 5) is 0. The molecule has 0 aliphatic rings. The lowest BCUT2D eigenvalue weighted by Crippen LogP contribution is -2.01. The van der Waals surface area contributed by atoms with Crippen LogP contribution >= 0.6 is 0 Å². The fourth-order valence-corrected chi connectivity index (χ4v) is 1.77. The minimum Gasteiger partial charge on any atom is -0.330 e. The molecule has 2 heteroatoms. The molecule has 0 aliphatic carbocycles. The van der Waals surface area contributed by atoms with E-state index in [-0.39, 0.29) is 0 Å². The summed E-state index contributed by atoms with van der Waals surface area (Å²) in [6.45, 7) is 4.06. The molecule has 0 saturated heterocycles. The van der Waals surface area contributed by atoms with Gasteiger partial charge in [0.2, 0.25) is 0 Å². The summed E-state index contributed by atoms with van der Waals surface area (Å²) < 4.78 is 0. The number of nitrogens with two attached hydrogens (primary N) is 2. The maximum Gasteiger partial charge on any atom is -0.00773 e. The molecule has 1 unspecified atom stereocenters. The van der Waals surface area contributed by atoms with Crippen molar-refractivity contribution in [2.24, 2.45) is 17.4 Å². The molecular formula is C12H28N2. The average Bonchev–Trinajstić information content (AvgIpc) is 2.18. The monoisotopic (exact) mass is 200 g/mol. The lowest BCUT2D eigenvalue weighted by Gasteiger charge is -2.10. The SMILES string of the molecule is CC(CCCCN)CCCCCCN. The molecule has 14 heavy (non-hydrogen) atoms. The molecule has 0 fully saturated rings. The third-order valence-electron chi connectivity index (χ3n) is 2.80.